The number of aliphatic carboxylic acids is 1. The van der Waals surface area contributed by atoms with Crippen molar-refractivity contribution >= 4 is 11.9 Å². The van der Waals surface area contributed by atoms with Crippen molar-refractivity contribution in [2.45, 2.75) is 26.3 Å². The van der Waals surface area contributed by atoms with Gasteiger partial charge in [-0.25, -0.2) is 4.79 Å². The molecule has 0 saturated heterocycles. The summed E-state index contributed by atoms with van der Waals surface area (Å²) in [4.78, 5) is 21.6. The summed E-state index contributed by atoms with van der Waals surface area (Å²) in [6.45, 7) is 2.95. The number of hydrogen-bond acceptors (Lipinski definition) is 3. The van der Waals surface area contributed by atoms with Crippen LogP contribution in [0.3, 0.4) is 0 Å². The smallest absolute Gasteiger partial charge is 0.328 e. The number of hydrogen-bond donors (Lipinski definition) is 3. The second kappa shape index (κ2) is 5.53. The highest BCUT2D eigenvalue weighted by atomic mass is 16.4. The van der Waals surface area contributed by atoms with Crippen LogP contribution in [0.5, 0.6) is 0 Å². The summed E-state index contributed by atoms with van der Waals surface area (Å²) in [7, 11) is 0. The zero-order chi connectivity index (χ0) is 10.4. The Bertz CT molecular complexity index is 193. The molecule has 5 nitrogen and oxygen atoms in total. The molecule has 0 radical (unpaired) electrons. The Labute approximate surface area is 76.8 Å². The van der Waals surface area contributed by atoms with Crippen LogP contribution >= 0.6 is 0 Å². The van der Waals surface area contributed by atoms with Crippen molar-refractivity contribution in [1.82, 2.24) is 5.32 Å². The third-order valence-corrected chi connectivity index (χ3v) is 1.86. The van der Waals surface area contributed by atoms with Crippen molar-refractivity contribution in [2.24, 2.45) is 5.92 Å². The average molecular weight is 189 g/mol. The summed E-state index contributed by atoms with van der Waals surface area (Å²) in [5, 5.41) is 19.3. The first kappa shape index (κ1) is 11.9. The van der Waals surface area contributed by atoms with Gasteiger partial charge in [0.05, 0.1) is 6.61 Å². The van der Waals surface area contributed by atoms with Crippen molar-refractivity contribution in [2.75, 3.05) is 6.61 Å². The number of aliphatic hydroxyl groups is 1. The predicted molar refractivity (Wildman–Crippen MR) is 46.1 cm³/mol. The van der Waals surface area contributed by atoms with Crippen molar-refractivity contribution in [1.29, 1.82) is 0 Å². The molecule has 0 bridgehead atoms. The lowest BCUT2D eigenvalue weighted by Gasteiger charge is -2.14. The number of carbonyl (C=O) groups is 2. The van der Waals surface area contributed by atoms with Crippen molar-refractivity contribution < 1.29 is 19.8 Å². The quantitative estimate of drug-likeness (QED) is 0.549. The van der Waals surface area contributed by atoms with Crippen LogP contribution in [-0.4, -0.2) is 34.7 Å². The van der Waals surface area contributed by atoms with E-state index >= 15 is 0 Å². The lowest BCUT2D eigenvalue weighted by atomic mass is 10.1. The zero-order valence-corrected chi connectivity index (χ0v) is 7.78. The lowest BCUT2D eigenvalue weighted by molar-refractivity contribution is -0.143. The van der Waals surface area contributed by atoms with E-state index in [1.165, 1.54) is 0 Å². The molecule has 0 fully saturated rings. The summed E-state index contributed by atoms with van der Waals surface area (Å²) >= 11 is 0. The number of aliphatic hydroxyl groups excluding tert-OH is 1. The van der Waals surface area contributed by atoms with Gasteiger partial charge in [-0.05, 0) is 6.42 Å². The lowest BCUT2D eigenvalue weighted by Crippen LogP contribution is -2.45. The van der Waals surface area contributed by atoms with Gasteiger partial charge in [0.25, 0.3) is 0 Å². The SMILES string of the molecule is CCC(C)C(=O)N[C@@H](CO)C(=O)O. The maximum atomic E-state index is 11.2. The molecular weight excluding hydrogens is 174 g/mol. The normalized spacial score (nSPS) is 14.7. The molecular formula is C8H15NO4. The van der Waals surface area contributed by atoms with Crippen LogP contribution in [-0.2, 0) is 9.59 Å². The number of carbonyl (C=O) groups excluding carboxylic acids is 1. The summed E-state index contributed by atoms with van der Waals surface area (Å²) in [6.07, 6.45) is 0.642. The number of nitrogens with one attached hydrogen (secondary N) is 1. The Balaban J connectivity index is 4.09. The molecule has 0 saturated carbocycles. The fourth-order valence-corrected chi connectivity index (χ4v) is 0.685. The molecule has 0 aliphatic carbocycles. The Morgan fingerprint density at radius 2 is 2.00 bits per heavy atom. The van der Waals surface area contributed by atoms with Gasteiger partial charge in [0.15, 0.2) is 0 Å². The molecule has 0 aliphatic heterocycles. The summed E-state index contributed by atoms with van der Waals surface area (Å²) in [6, 6.07) is -1.19. The highest BCUT2D eigenvalue weighted by Crippen LogP contribution is 2.00. The van der Waals surface area contributed by atoms with Crippen molar-refractivity contribution in [3.05, 3.63) is 0 Å². The van der Waals surface area contributed by atoms with Gasteiger partial charge >= 0.3 is 5.97 Å². The van der Waals surface area contributed by atoms with E-state index in [1.807, 2.05) is 6.92 Å². The molecule has 0 aromatic rings. The minimum Gasteiger partial charge on any atom is -0.480 e. The first-order chi connectivity index (χ1) is 6.02. The maximum Gasteiger partial charge on any atom is 0.328 e. The van der Waals surface area contributed by atoms with Crippen LogP contribution in [0.15, 0.2) is 0 Å². The van der Waals surface area contributed by atoms with Gasteiger partial charge < -0.3 is 15.5 Å². The van der Waals surface area contributed by atoms with Crippen LogP contribution < -0.4 is 5.32 Å². The Kier molecular flexibility index (Phi) is 5.06. The Hall–Kier alpha value is -1.10. The number of carboxylic acids is 1. The largest absolute Gasteiger partial charge is 0.480 e. The maximum absolute atomic E-state index is 11.2. The minimum atomic E-state index is -1.22. The standard InChI is InChI=1S/C8H15NO4/c1-3-5(2)7(11)9-6(4-10)8(12)13/h5-6,10H,3-4H2,1-2H3,(H,9,11)(H,12,13)/t5?,6-/m0/s1. The summed E-state index contributed by atoms with van der Waals surface area (Å²) in [5.41, 5.74) is 0. The molecule has 0 spiro atoms. The van der Waals surface area contributed by atoms with Gasteiger partial charge in [-0.2, -0.15) is 0 Å². The fourth-order valence-electron chi connectivity index (χ4n) is 0.685. The topological polar surface area (TPSA) is 86.6 Å². The number of rotatable bonds is 5. The average Bonchev–Trinajstić information content (AvgIpc) is 2.11. The molecule has 76 valence electrons. The van der Waals surface area contributed by atoms with Crippen LogP contribution in [0.25, 0.3) is 0 Å². The molecule has 1 amide bonds. The Morgan fingerprint density at radius 1 is 1.46 bits per heavy atom. The monoisotopic (exact) mass is 189 g/mol. The first-order valence-electron chi connectivity index (χ1n) is 4.17. The third kappa shape index (κ3) is 3.89. The zero-order valence-electron chi connectivity index (χ0n) is 7.78. The molecule has 1 unspecified atom stereocenters. The van der Waals surface area contributed by atoms with Gasteiger partial charge in [0.2, 0.25) is 5.91 Å². The second-order valence-corrected chi connectivity index (χ2v) is 2.89. The van der Waals surface area contributed by atoms with Gasteiger partial charge in [-0.15, -0.1) is 0 Å². The number of amides is 1. The summed E-state index contributed by atoms with van der Waals surface area (Å²) in [5.74, 6) is -1.79. The van der Waals surface area contributed by atoms with Crippen LogP contribution in [0.1, 0.15) is 20.3 Å². The van der Waals surface area contributed by atoms with Gasteiger partial charge in [-0.1, -0.05) is 13.8 Å². The first-order valence-corrected chi connectivity index (χ1v) is 4.17. The van der Waals surface area contributed by atoms with E-state index in [2.05, 4.69) is 5.32 Å². The number of carboxylic acid groups (broad SMARTS) is 1. The van der Waals surface area contributed by atoms with E-state index in [9.17, 15) is 9.59 Å². The van der Waals surface area contributed by atoms with E-state index in [-0.39, 0.29) is 11.8 Å². The van der Waals surface area contributed by atoms with Gasteiger partial charge in [0, 0.05) is 5.92 Å². The molecule has 13 heavy (non-hydrogen) atoms. The van der Waals surface area contributed by atoms with Crippen LogP contribution in [0, 0.1) is 5.92 Å². The molecule has 0 aromatic heterocycles. The van der Waals surface area contributed by atoms with E-state index in [0.717, 1.165) is 0 Å². The van der Waals surface area contributed by atoms with Gasteiger partial charge in [-0.3, -0.25) is 4.79 Å². The predicted octanol–water partition coefficient (Wildman–Crippen LogP) is -0.406. The molecule has 3 N–H and O–H groups in total. The van der Waals surface area contributed by atoms with E-state index in [0.29, 0.717) is 6.42 Å². The van der Waals surface area contributed by atoms with Crippen LogP contribution in [0.2, 0.25) is 0 Å². The molecule has 0 aromatic carbocycles. The third-order valence-electron chi connectivity index (χ3n) is 1.86. The van der Waals surface area contributed by atoms with E-state index < -0.39 is 18.6 Å². The molecule has 0 rings (SSSR count). The fraction of sp³-hybridized carbons (Fsp3) is 0.750. The minimum absolute atomic E-state index is 0.228. The highest BCUT2D eigenvalue weighted by Gasteiger charge is 2.20. The molecule has 0 aliphatic rings. The van der Waals surface area contributed by atoms with Crippen LogP contribution in [0.4, 0.5) is 0 Å². The van der Waals surface area contributed by atoms with Crippen molar-refractivity contribution in [3.63, 3.8) is 0 Å². The van der Waals surface area contributed by atoms with E-state index in [4.69, 9.17) is 10.2 Å². The molecule has 5 heteroatoms. The molecule has 0 heterocycles. The van der Waals surface area contributed by atoms with E-state index in [1.54, 1.807) is 6.92 Å². The van der Waals surface area contributed by atoms with Gasteiger partial charge in [0.1, 0.15) is 6.04 Å². The highest BCUT2D eigenvalue weighted by molar-refractivity contribution is 5.84. The Morgan fingerprint density at radius 3 is 2.31 bits per heavy atom. The van der Waals surface area contributed by atoms with Crippen molar-refractivity contribution in [3.8, 4) is 0 Å². The second-order valence-electron chi connectivity index (χ2n) is 2.89. The molecule has 2 atom stereocenters. The summed E-state index contributed by atoms with van der Waals surface area (Å²) < 4.78 is 0.